The Morgan fingerprint density at radius 2 is 1.70 bits per heavy atom. The SMILES string of the molecule is Cl.Cl.Fc1c(Cl)cc(C(F)(F)F)cc1[C@@H](C1CCOCC1)N1CCNCC1. The van der Waals surface area contributed by atoms with Crippen LogP contribution in [0.15, 0.2) is 12.1 Å². The molecule has 1 N–H and O–H groups in total. The summed E-state index contributed by atoms with van der Waals surface area (Å²) in [5.74, 6) is -0.703. The average molecular weight is 454 g/mol. The van der Waals surface area contributed by atoms with Gasteiger partial charge in [0.15, 0.2) is 0 Å². The first-order chi connectivity index (χ1) is 11.9. The van der Waals surface area contributed by atoms with Crippen molar-refractivity contribution in [2.45, 2.75) is 25.1 Å². The van der Waals surface area contributed by atoms with Crippen LogP contribution in [0.2, 0.25) is 5.02 Å². The molecule has 27 heavy (non-hydrogen) atoms. The van der Waals surface area contributed by atoms with Crippen LogP contribution < -0.4 is 5.32 Å². The lowest BCUT2D eigenvalue weighted by molar-refractivity contribution is -0.137. The van der Waals surface area contributed by atoms with Gasteiger partial charge < -0.3 is 10.1 Å². The zero-order chi connectivity index (χ0) is 18.0. The highest BCUT2D eigenvalue weighted by molar-refractivity contribution is 6.30. The Hall–Kier alpha value is -0.310. The van der Waals surface area contributed by atoms with Crippen LogP contribution in [0.4, 0.5) is 17.6 Å². The third kappa shape index (κ3) is 5.84. The van der Waals surface area contributed by atoms with Crippen molar-refractivity contribution in [2.24, 2.45) is 5.92 Å². The van der Waals surface area contributed by atoms with Gasteiger partial charge in [-0.3, -0.25) is 4.90 Å². The summed E-state index contributed by atoms with van der Waals surface area (Å²) in [5, 5.41) is 2.74. The molecule has 2 aliphatic rings. The van der Waals surface area contributed by atoms with Crippen LogP contribution in [0, 0.1) is 11.7 Å². The molecule has 2 aliphatic heterocycles. The number of nitrogens with one attached hydrogen (secondary N) is 1. The van der Waals surface area contributed by atoms with E-state index in [0.29, 0.717) is 45.2 Å². The Morgan fingerprint density at radius 3 is 2.26 bits per heavy atom. The Labute approximate surface area is 173 Å². The predicted octanol–water partition coefficient (Wildman–Crippen LogP) is 4.71. The van der Waals surface area contributed by atoms with Gasteiger partial charge in [0, 0.05) is 51.0 Å². The maximum Gasteiger partial charge on any atom is 0.416 e. The number of halogens is 7. The number of nitrogens with zero attached hydrogens (tertiary/aromatic N) is 1. The van der Waals surface area contributed by atoms with Crippen LogP contribution in [0.25, 0.3) is 0 Å². The molecule has 0 aromatic heterocycles. The number of ether oxygens (including phenoxy) is 1. The van der Waals surface area contributed by atoms with E-state index in [9.17, 15) is 17.6 Å². The molecule has 0 saturated carbocycles. The van der Waals surface area contributed by atoms with Crippen molar-refractivity contribution in [1.82, 2.24) is 10.2 Å². The van der Waals surface area contributed by atoms with Gasteiger partial charge in [-0.15, -0.1) is 24.8 Å². The van der Waals surface area contributed by atoms with E-state index in [4.69, 9.17) is 16.3 Å². The third-order valence-corrected chi connectivity index (χ3v) is 5.23. The van der Waals surface area contributed by atoms with Crippen molar-refractivity contribution in [3.05, 3.63) is 34.1 Å². The summed E-state index contributed by atoms with van der Waals surface area (Å²) in [7, 11) is 0. The lowest BCUT2D eigenvalue weighted by Crippen LogP contribution is -2.47. The van der Waals surface area contributed by atoms with Crippen molar-refractivity contribution in [2.75, 3.05) is 39.4 Å². The lowest BCUT2D eigenvalue weighted by Gasteiger charge is -2.41. The second-order valence-electron chi connectivity index (χ2n) is 6.54. The zero-order valence-corrected chi connectivity index (χ0v) is 16.9. The van der Waals surface area contributed by atoms with Gasteiger partial charge in [0.2, 0.25) is 0 Å². The molecule has 0 spiro atoms. The fourth-order valence-electron chi connectivity index (χ4n) is 3.73. The third-order valence-electron chi connectivity index (χ3n) is 4.96. The highest BCUT2D eigenvalue weighted by Crippen LogP contribution is 2.41. The molecule has 0 aliphatic carbocycles. The van der Waals surface area contributed by atoms with Crippen molar-refractivity contribution in [3.8, 4) is 0 Å². The van der Waals surface area contributed by atoms with Gasteiger partial charge in [-0.1, -0.05) is 11.6 Å². The molecule has 3 rings (SSSR count). The molecular weight excluding hydrogens is 431 g/mol. The molecule has 1 aromatic rings. The standard InChI is InChI=1S/C17H21ClF4N2O.2ClH/c18-14-10-12(17(20,21)22)9-13(15(14)19)16(11-1-7-25-8-2-11)24-5-3-23-4-6-24;;/h9-11,16,23H,1-8H2;2*1H/t16-;;/m1../s1. The molecule has 1 atom stereocenters. The van der Waals surface area contributed by atoms with Gasteiger partial charge in [-0.25, -0.2) is 4.39 Å². The molecule has 2 saturated heterocycles. The minimum atomic E-state index is -4.56. The van der Waals surface area contributed by atoms with Crippen LogP contribution in [0.1, 0.15) is 30.0 Å². The normalized spacial score (nSPS) is 20.5. The summed E-state index contributed by atoms with van der Waals surface area (Å²) in [5.41, 5.74) is -0.852. The Kier molecular flexibility index (Phi) is 9.58. The summed E-state index contributed by atoms with van der Waals surface area (Å²) in [6.07, 6.45) is -3.17. The van der Waals surface area contributed by atoms with E-state index in [1.54, 1.807) is 0 Å². The van der Waals surface area contributed by atoms with E-state index in [2.05, 4.69) is 10.2 Å². The lowest BCUT2D eigenvalue weighted by atomic mass is 9.84. The van der Waals surface area contributed by atoms with Gasteiger partial charge in [-0.05, 0) is 30.9 Å². The molecule has 10 heteroatoms. The fourth-order valence-corrected chi connectivity index (χ4v) is 3.96. The predicted molar refractivity (Wildman–Crippen MR) is 102 cm³/mol. The summed E-state index contributed by atoms with van der Waals surface area (Å²) >= 11 is 5.82. The van der Waals surface area contributed by atoms with E-state index in [-0.39, 0.29) is 36.3 Å². The molecule has 0 unspecified atom stereocenters. The maximum absolute atomic E-state index is 14.8. The smallest absolute Gasteiger partial charge is 0.381 e. The minimum absolute atomic E-state index is 0. The van der Waals surface area contributed by atoms with Gasteiger partial charge in [-0.2, -0.15) is 13.2 Å². The zero-order valence-electron chi connectivity index (χ0n) is 14.5. The Balaban J connectivity index is 0.00000182. The molecule has 3 nitrogen and oxygen atoms in total. The van der Waals surface area contributed by atoms with Crippen molar-refractivity contribution >= 4 is 36.4 Å². The number of alkyl halides is 3. The molecule has 0 bridgehead atoms. The number of benzene rings is 1. The number of piperazine rings is 1. The second kappa shape index (κ2) is 10.5. The van der Waals surface area contributed by atoms with Gasteiger partial charge in [0.1, 0.15) is 5.82 Å². The van der Waals surface area contributed by atoms with Crippen LogP contribution in [0.3, 0.4) is 0 Å². The second-order valence-corrected chi connectivity index (χ2v) is 6.95. The number of hydrogen-bond donors (Lipinski definition) is 1. The highest BCUT2D eigenvalue weighted by Gasteiger charge is 2.37. The Bertz CT molecular complexity index is 589. The van der Waals surface area contributed by atoms with E-state index in [1.807, 2.05) is 0 Å². The van der Waals surface area contributed by atoms with Crippen LogP contribution in [0.5, 0.6) is 0 Å². The summed E-state index contributed by atoms with van der Waals surface area (Å²) in [6, 6.07) is 1.17. The summed E-state index contributed by atoms with van der Waals surface area (Å²) < 4.78 is 59.7. The molecular formula is C17H23Cl3F4N2O. The molecule has 1 aromatic carbocycles. The van der Waals surface area contributed by atoms with Gasteiger partial charge in [0.05, 0.1) is 10.6 Å². The first kappa shape index (κ1) is 24.7. The van der Waals surface area contributed by atoms with Crippen molar-refractivity contribution in [1.29, 1.82) is 0 Å². The van der Waals surface area contributed by atoms with E-state index < -0.39 is 28.6 Å². The molecule has 0 amide bonds. The molecule has 2 heterocycles. The quantitative estimate of drug-likeness (QED) is 0.671. The number of rotatable bonds is 3. The monoisotopic (exact) mass is 452 g/mol. The molecule has 156 valence electrons. The Morgan fingerprint density at radius 1 is 1.11 bits per heavy atom. The van der Waals surface area contributed by atoms with Crippen LogP contribution in [-0.2, 0) is 10.9 Å². The average Bonchev–Trinajstić information content (AvgIpc) is 2.60. The summed E-state index contributed by atoms with van der Waals surface area (Å²) in [6.45, 7) is 3.87. The topological polar surface area (TPSA) is 24.5 Å². The van der Waals surface area contributed by atoms with Gasteiger partial charge >= 0.3 is 6.18 Å². The van der Waals surface area contributed by atoms with E-state index >= 15 is 0 Å². The molecule has 0 radical (unpaired) electrons. The van der Waals surface area contributed by atoms with Crippen molar-refractivity contribution in [3.63, 3.8) is 0 Å². The molecule has 2 fully saturated rings. The first-order valence-electron chi connectivity index (χ1n) is 8.46. The largest absolute Gasteiger partial charge is 0.416 e. The summed E-state index contributed by atoms with van der Waals surface area (Å²) in [4.78, 5) is 2.07. The number of hydrogen-bond acceptors (Lipinski definition) is 3. The minimum Gasteiger partial charge on any atom is -0.381 e. The highest BCUT2D eigenvalue weighted by atomic mass is 35.5. The maximum atomic E-state index is 14.8. The van der Waals surface area contributed by atoms with Gasteiger partial charge in [0.25, 0.3) is 0 Å². The first-order valence-corrected chi connectivity index (χ1v) is 8.84. The fraction of sp³-hybridized carbons (Fsp3) is 0.647. The van der Waals surface area contributed by atoms with Crippen LogP contribution >= 0.6 is 36.4 Å². The van der Waals surface area contributed by atoms with Crippen molar-refractivity contribution < 1.29 is 22.3 Å². The van der Waals surface area contributed by atoms with E-state index in [1.165, 1.54) is 0 Å². The van der Waals surface area contributed by atoms with Crippen LogP contribution in [-0.4, -0.2) is 44.3 Å². The van der Waals surface area contributed by atoms with E-state index in [0.717, 1.165) is 19.2 Å².